The molecule has 0 aliphatic heterocycles. The summed E-state index contributed by atoms with van der Waals surface area (Å²) in [6, 6.07) is 36.5. The van der Waals surface area contributed by atoms with Crippen molar-refractivity contribution in [2.24, 2.45) is 5.73 Å². The van der Waals surface area contributed by atoms with E-state index >= 15 is 0 Å². The Kier molecular flexibility index (Phi) is 5.03. The van der Waals surface area contributed by atoms with Crippen molar-refractivity contribution in [3.05, 3.63) is 120 Å². The molecule has 2 heteroatoms. The van der Waals surface area contributed by atoms with Crippen LogP contribution in [0.2, 0.25) is 0 Å². The van der Waals surface area contributed by atoms with E-state index in [0.29, 0.717) is 0 Å². The Labute approximate surface area is 165 Å². The lowest BCUT2D eigenvalue weighted by Gasteiger charge is -2.16. The van der Waals surface area contributed by atoms with E-state index in [9.17, 15) is 4.79 Å². The van der Waals surface area contributed by atoms with Gasteiger partial charge >= 0.3 is 0 Å². The van der Waals surface area contributed by atoms with Crippen LogP contribution in [0.25, 0.3) is 22.3 Å². The Hall–Kier alpha value is -3.65. The molecule has 1 amide bonds. The molecule has 4 aromatic carbocycles. The van der Waals surface area contributed by atoms with Crippen LogP contribution in [0.15, 0.2) is 109 Å². The molecule has 4 rings (SSSR count). The monoisotopic (exact) mass is 363 g/mol. The topological polar surface area (TPSA) is 43.1 Å². The van der Waals surface area contributed by atoms with Crippen LogP contribution in [0, 0.1) is 0 Å². The number of amides is 1. The van der Waals surface area contributed by atoms with Gasteiger partial charge in [0.2, 0.25) is 5.91 Å². The number of nitrogens with two attached hydrogens (primary N) is 1. The first-order valence-corrected chi connectivity index (χ1v) is 9.32. The van der Waals surface area contributed by atoms with Crippen LogP contribution >= 0.6 is 0 Å². The SMILES string of the molecule is NC(=O)C(c1ccc(-c2ccccc2)cc1)c1ccc(-c2ccccc2)cc1. The molecule has 4 aromatic rings. The Bertz CT molecular complexity index is 970. The van der Waals surface area contributed by atoms with E-state index in [-0.39, 0.29) is 5.91 Å². The fourth-order valence-corrected chi connectivity index (χ4v) is 3.52. The summed E-state index contributed by atoms with van der Waals surface area (Å²) in [4.78, 5) is 12.2. The summed E-state index contributed by atoms with van der Waals surface area (Å²) in [5, 5.41) is 0. The second-order valence-electron chi connectivity index (χ2n) is 6.81. The van der Waals surface area contributed by atoms with Crippen molar-refractivity contribution in [2.75, 3.05) is 0 Å². The molecule has 0 radical (unpaired) electrons. The molecule has 2 nitrogen and oxygen atoms in total. The highest BCUT2D eigenvalue weighted by molar-refractivity contribution is 5.86. The second-order valence-corrected chi connectivity index (χ2v) is 6.81. The van der Waals surface area contributed by atoms with Crippen molar-refractivity contribution >= 4 is 5.91 Å². The number of carbonyl (C=O) groups excluding carboxylic acids is 1. The molecular formula is C26H21NO. The third-order valence-electron chi connectivity index (χ3n) is 4.99. The Morgan fingerprint density at radius 2 is 0.821 bits per heavy atom. The van der Waals surface area contributed by atoms with Crippen LogP contribution in [0.4, 0.5) is 0 Å². The predicted molar refractivity (Wildman–Crippen MR) is 115 cm³/mol. The predicted octanol–water partition coefficient (Wildman–Crippen LogP) is 5.64. The van der Waals surface area contributed by atoms with Gasteiger partial charge in [0.25, 0.3) is 0 Å². The average Bonchev–Trinajstić information content (AvgIpc) is 2.76. The van der Waals surface area contributed by atoms with Crippen LogP contribution in [-0.2, 0) is 4.79 Å². The largest absolute Gasteiger partial charge is 0.369 e. The van der Waals surface area contributed by atoms with Crippen LogP contribution < -0.4 is 5.73 Å². The fourth-order valence-electron chi connectivity index (χ4n) is 3.52. The minimum absolute atomic E-state index is 0.347. The lowest BCUT2D eigenvalue weighted by Crippen LogP contribution is -2.22. The molecule has 0 saturated carbocycles. The molecule has 0 unspecified atom stereocenters. The molecule has 0 aliphatic carbocycles. The highest BCUT2D eigenvalue weighted by Gasteiger charge is 2.20. The first-order valence-electron chi connectivity index (χ1n) is 9.32. The fraction of sp³-hybridized carbons (Fsp3) is 0.0385. The van der Waals surface area contributed by atoms with Gasteiger partial charge in [-0.1, -0.05) is 109 Å². The summed E-state index contributed by atoms with van der Waals surface area (Å²) in [5.41, 5.74) is 12.1. The zero-order valence-electron chi connectivity index (χ0n) is 15.5. The zero-order valence-corrected chi connectivity index (χ0v) is 15.5. The lowest BCUT2D eigenvalue weighted by molar-refractivity contribution is -0.118. The number of rotatable bonds is 5. The normalized spacial score (nSPS) is 10.8. The Morgan fingerprint density at radius 1 is 0.500 bits per heavy atom. The van der Waals surface area contributed by atoms with Gasteiger partial charge in [-0.25, -0.2) is 0 Å². The van der Waals surface area contributed by atoms with Gasteiger partial charge in [-0.3, -0.25) is 4.79 Å². The van der Waals surface area contributed by atoms with Gasteiger partial charge in [-0.05, 0) is 33.4 Å². The summed E-state index contributed by atoms with van der Waals surface area (Å²) in [5.74, 6) is -0.811. The first-order chi connectivity index (χ1) is 13.7. The van der Waals surface area contributed by atoms with E-state index in [1.165, 1.54) is 0 Å². The molecule has 0 heterocycles. The molecule has 2 N–H and O–H groups in total. The van der Waals surface area contributed by atoms with Crippen molar-refractivity contribution in [2.45, 2.75) is 5.92 Å². The summed E-state index contributed by atoms with van der Waals surface area (Å²) < 4.78 is 0. The summed E-state index contributed by atoms with van der Waals surface area (Å²) in [7, 11) is 0. The van der Waals surface area contributed by atoms with Crippen molar-refractivity contribution < 1.29 is 4.79 Å². The highest BCUT2D eigenvalue weighted by atomic mass is 16.1. The number of primary amides is 1. The minimum Gasteiger partial charge on any atom is -0.369 e. The maximum atomic E-state index is 12.2. The average molecular weight is 363 g/mol. The van der Waals surface area contributed by atoms with E-state index in [4.69, 9.17) is 5.73 Å². The Balaban J connectivity index is 1.63. The number of benzene rings is 4. The molecule has 0 aromatic heterocycles. The molecule has 0 bridgehead atoms. The van der Waals surface area contributed by atoms with Crippen LogP contribution in [0.5, 0.6) is 0 Å². The molecule has 136 valence electrons. The van der Waals surface area contributed by atoms with E-state index in [1.807, 2.05) is 84.9 Å². The van der Waals surface area contributed by atoms with Gasteiger partial charge in [0.15, 0.2) is 0 Å². The Morgan fingerprint density at radius 3 is 1.14 bits per heavy atom. The minimum atomic E-state index is -0.463. The third-order valence-corrected chi connectivity index (χ3v) is 4.99. The lowest BCUT2D eigenvalue weighted by atomic mass is 9.88. The molecule has 28 heavy (non-hydrogen) atoms. The second kappa shape index (κ2) is 7.93. The zero-order chi connectivity index (χ0) is 19.3. The standard InChI is InChI=1S/C26H21NO/c27-26(28)25(23-15-11-21(12-16-23)19-7-3-1-4-8-19)24-17-13-22(14-18-24)20-9-5-2-6-10-20/h1-18,25H,(H2,27,28). The van der Waals surface area contributed by atoms with E-state index in [0.717, 1.165) is 33.4 Å². The van der Waals surface area contributed by atoms with Crippen molar-refractivity contribution in [3.8, 4) is 22.3 Å². The van der Waals surface area contributed by atoms with E-state index in [1.54, 1.807) is 0 Å². The van der Waals surface area contributed by atoms with Crippen LogP contribution in [-0.4, -0.2) is 5.91 Å². The van der Waals surface area contributed by atoms with Crippen molar-refractivity contribution in [3.63, 3.8) is 0 Å². The van der Waals surface area contributed by atoms with Crippen molar-refractivity contribution in [1.29, 1.82) is 0 Å². The summed E-state index contributed by atoms with van der Waals surface area (Å²) in [6.07, 6.45) is 0. The van der Waals surface area contributed by atoms with Gasteiger partial charge in [0, 0.05) is 0 Å². The molecule has 0 spiro atoms. The van der Waals surface area contributed by atoms with E-state index in [2.05, 4.69) is 24.3 Å². The van der Waals surface area contributed by atoms with Gasteiger partial charge in [-0.15, -0.1) is 0 Å². The van der Waals surface area contributed by atoms with Crippen LogP contribution in [0.3, 0.4) is 0 Å². The summed E-state index contributed by atoms with van der Waals surface area (Å²) >= 11 is 0. The summed E-state index contributed by atoms with van der Waals surface area (Å²) in [6.45, 7) is 0. The molecular weight excluding hydrogens is 342 g/mol. The maximum Gasteiger partial charge on any atom is 0.229 e. The molecule has 0 fully saturated rings. The van der Waals surface area contributed by atoms with Gasteiger partial charge in [0.1, 0.15) is 0 Å². The van der Waals surface area contributed by atoms with Crippen LogP contribution in [0.1, 0.15) is 17.0 Å². The number of carbonyl (C=O) groups is 1. The smallest absolute Gasteiger partial charge is 0.229 e. The highest BCUT2D eigenvalue weighted by Crippen LogP contribution is 2.29. The quantitative estimate of drug-likeness (QED) is 0.490. The third kappa shape index (κ3) is 3.72. The molecule has 0 aliphatic rings. The van der Waals surface area contributed by atoms with Gasteiger partial charge in [-0.2, -0.15) is 0 Å². The van der Waals surface area contributed by atoms with Gasteiger partial charge < -0.3 is 5.73 Å². The first kappa shape index (κ1) is 17.7. The molecule has 0 saturated heterocycles. The molecule has 0 atom stereocenters. The number of hydrogen-bond acceptors (Lipinski definition) is 1. The van der Waals surface area contributed by atoms with Gasteiger partial charge in [0.05, 0.1) is 5.92 Å². The maximum absolute atomic E-state index is 12.2. The van der Waals surface area contributed by atoms with E-state index < -0.39 is 5.92 Å². The number of hydrogen-bond donors (Lipinski definition) is 1. The van der Waals surface area contributed by atoms with Crippen molar-refractivity contribution in [1.82, 2.24) is 0 Å².